The fourth-order valence-corrected chi connectivity index (χ4v) is 5.14. The summed E-state index contributed by atoms with van der Waals surface area (Å²) in [6.07, 6.45) is 1.70. The third-order valence-electron chi connectivity index (χ3n) is 6.91. The molecule has 1 amide bonds. The van der Waals surface area contributed by atoms with E-state index in [1.165, 1.54) is 4.90 Å². The number of hydrogen-bond acceptors (Lipinski definition) is 11. The number of esters is 1. The van der Waals surface area contributed by atoms with Crippen LogP contribution in [0.1, 0.15) is 39.6 Å². The van der Waals surface area contributed by atoms with E-state index in [1.807, 2.05) is 16.5 Å². The normalized spacial score (nSPS) is 15.4. The molecule has 0 bridgehead atoms. The van der Waals surface area contributed by atoms with Gasteiger partial charge in [-0.05, 0) is 25.1 Å². The first kappa shape index (κ1) is 28.0. The zero-order valence-corrected chi connectivity index (χ0v) is 24.6. The zero-order chi connectivity index (χ0) is 29.5. The fourth-order valence-electron chi connectivity index (χ4n) is 4.84. The average molecular weight is 616 g/mol. The number of ether oxygens (including phenoxy) is 2. The van der Waals surface area contributed by atoms with E-state index >= 15 is 0 Å². The molecule has 16 heteroatoms. The Morgan fingerprint density at radius 2 is 1.88 bits per heavy atom. The lowest BCUT2D eigenvalue weighted by molar-refractivity contribution is 0.0311. The number of imidazole rings is 2. The summed E-state index contributed by atoms with van der Waals surface area (Å²) in [7, 11) is 3.47. The van der Waals surface area contributed by atoms with Crippen molar-refractivity contribution >= 4 is 46.8 Å². The van der Waals surface area contributed by atoms with Gasteiger partial charge in [0.15, 0.2) is 17.2 Å². The lowest BCUT2D eigenvalue weighted by atomic mass is 10.2. The van der Waals surface area contributed by atoms with E-state index in [9.17, 15) is 9.59 Å². The van der Waals surface area contributed by atoms with Crippen LogP contribution in [0.15, 0.2) is 28.8 Å². The van der Waals surface area contributed by atoms with Gasteiger partial charge in [0.05, 0.1) is 23.2 Å². The van der Waals surface area contributed by atoms with Crippen molar-refractivity contribution in [3.8, 4) is 11.5 Å². The molecule has 5 heterocycles. The summed E-state index contributed by atoms with van der Waals surface area (Å²) in [4.78, 5) is 40.6. The van der Waals surface area contributed by atoms with Gasteiger partial charge >= 0.3 is 5.97 Å². The lowest BCUT2D eigenvalue weighted by Gasteiger charge is -2.29. The van der Waals surface area contributed by atoms with Gasteiger partial charge in [-0.15, -0.1) is 10.2 Å². The largest absolute Gasteiger partial charge is 0.461 e. The SMILES string of the molecule is CCOC(=O)c1cn2c(n1)CN(c1nc3c(n1Cc1nnc(-c4ccc(Cl)c(Cl)c4)o1)C(=O)N(C)COCN3C)CC2. The number of hydrogen-bond donors (Lipinski definition) is 0. The van der Waals surface area contributed by atoms with Crippen molar-refractivity contribution in [2.24, 2.45) is 0 Å². The fraction of sp³-hybridized carbons (Fsp3) is 0.385. The minimum Gasteiger partial charge on any atom is -0.461 e. The van der Waals surface area contributed by atoms with Crippen molar-refractivity contribution in [3.05, 3.63) is 57.5 Å². The molecule has 0 radical (unpaired) electrons. The van der Waals surface area contributed by atoms with Crippen LogP contribution in [0, 0.1) is 0 Å². The zero-order valence-electron chi connectivity index (χ0n) is 23.1. The maximum atomic E-state index is 13.7. The summed E-state index contributed by atoms with van der Waals surface area (Å²) in [5.74, 6) is 1.41. The Bertz CT molecular complexity index is 1670. The van der Waals surface area contributed by atoms with Crippen molar-refractivity contribution in [1.82, 2.24) is 34.2 Å². The highest BCUT2D eigenvalue weighted by Crippen LogP contribution is 2.32. The Hall–Kier alpha value is -4.14. The molecule has 42 heavy (non-hydrogen) atoms. The Morgan fingerprint density at radius 3 is 2.67 bits per heavy atom. The van der Waals surface area contributed by atoms with Crippen LogP contribution in [0.2, 0.25) is 10.0 Å². The highest BCUT2D eigenvalue weighted by Gasteiger charge is 2.34. The van der Waals surface area contributed by atoms with Crippen LogP contribution in [0.4, 0.5) is 11.8 Å². The molecule has 0 saturated heterocycles. The second-order valence-corrected chi connectivity index (χ2v) is 10.7. The van der Waals surface area contributed by atoms with Crippen LogP contribution < -0.4 is 9.80 Å². The average Bonchev–Trinajstić information content (AvgIpc) is 3.70. The first-order valence-corrected chi connectivity index (χ1v) is 13.9. The summed E-state index contributed by atoms with van der Waals surface area (Å²) in [6, 6.07) is 5.03. The van der Waals surface area contributed by atoms with Crippen LogP contribution in [-0.4, -0.2) is 86.8 Å². The highest BCUT2D eigenvalue weighted by molar-refractivity contribution is 6.42. The van der Waals surface area contributed by atoms with Gasteiger partial charge < -0.3 is 33.2 Å². The summed E-state index contributed by atoms with van der Waals surface area (Å²) in [5, 5.41) is 9.21. The van der Waals surface area contributed by atoms with Gasteiger partial charge in [-0.2, -0.15) is 4.98 Å². The molecule has 0 N–H and O–H groups in total. The van der Waals surface area contributed by atoms with Gasteiger partial charge in [0.2, 0.25) is 17.7 Å². The molecule has 2 aliphatic heterocycles. The third-order valence-corrected chi connectivity index (χ3v) is 7.65. The van der Waals surface area contributed by atoms with Crippen molar-refractivity contribution in [1.29, 1.82) is 0 Å². The Kier molecular flexibility index (Phi) is 7.51. The van der Waals surface area contributed by atoms with E-state index in [4.69, 9.17) is 42.1 Å². The quantitative estimate of drug-likeness (QED) is 0.296. The van der Waals surface area contributed by atoms with E-state index in [0.717, 1.165) is 0 Å². The molecule has 2 aliphatic rings. The predicted octanol–water partition coefficient (Wildman–Crippen LogP) is 3.14. The molecule has 0 aliphatic carbocycles. The van der Waals surface area contributed by atoms with Gasteiger partial charge in [0.1, 0.15) is 25.8 Å². The van der Waals surface area contributed by atoms with Crippen LogP contribution in [-0.2, 0) is 29.1 Å². The molecule has 0 unspecified atom stereocenters. The van der Waals surface area contributed by atoms with Crippen molar-refractivity contribution < 1.29 is 23.5 Å². The molecule has 0 spiro atoms. The molecular weight excluding hydrogens is 589 g/mol. The Morgan fingerprint density at radius 1 is 1.07 bits per heavy atom. The summed E-state index contributed by atoms with van der Waals surface area (Å²) in [5.41, 5.74) is 1.21. The molecule has 0 saturated carbocycles. The molecule has 1 aromatic carbocycles. The van der Waals surface area contributed by atoms with Crippen LogP contribution in [0.3, 0.4) is 0 Å². The van der Waals surface area contributed by atoms with Crippen molar-refractivity contribution in [2.45, 2.75) is 26.6 Å². The van der Waals surface area contributed by atoms with Gasteiger partial charge in [0.25, 0.3) is 5.91 Å². The number of halogens is 2. The number of rotatable bonds is 6. The van der Waals surface area contributed by atoms with Gasteiger partial charge in [0, 0.05) is 38.9 Å². The molecule has 4 aromatic rings. The molecule has 6 rings (SSSR count). The third kappa shape index (κ3) is 5.16. The predicted molar refractivity (Wildman–Crippen MR) is 152 cm³/mol. The molecule has 3 aromatic heterocycles. The monoisotopic (exact) mass is 615 g/mol. The summed E-state index contributed by atoms with van der Waals surface area (Å²) >= 11 is 12.2. The minimum absolute atomic E-state index is 0.0687. The van der Waals surface area contributed by atoms with Gasteiger partial charge in [-0.1, -0.05) is 23.2 Å². The Labute approximate surface area is 250 Å². The highest BCUT2D eigenvalue weighted by atomic mass is 35.5. The van der Waals surface area contributed by atoms with E-state index in [2.05, 4.69) is 15.2 Å². The van der Waals surface area contributed by atoms with Gasteiger partial charge in [-0.25, -0.2) is 9.78 Å². The van der Waals surface area contributed by atoms with E-state index in [0.29, 0.717) is 58.5 Å². The summed E-state index contributed by atoms with van der Waals surface area (Å²) < 4.78 is 20.5. The number of carbonyl (C=O) groups excluding carboxylic acids is 2. The maximum absolute atomic E-state index is 13.7. The number of fused-ring (bicyclic) bond motifs is 2. The van der Waals surface area contributed by atoms with Crippen LogP contribution in [0.5, 0.6) is 0 Å². The number of benzene rings is 1. The standard InChI is InChI=1S/C26H27Cl2N9O5/c1-4-41-25(39)18-10-35-7-8-36(11-19(35)29-18)26-30-22-21(24(38)34(3)14-40-13-33(22)2)37(26)12-20-31-32-23(42-20)15-5-6-16(27)17(28)9-15/h5-6,9-10H,4,7-8,11-14H2,1-3H3. The van der Waals surface area contributed by atoms with E-state index in [1.54, 1.807) is 47.8 Å². The lowest BCUT2D eigenvalue weighted by Crippen LogP contribution is -2.38. The second kappa shape index (κ2) is 11.3. The number of anilines is 2. The molecule has 14 nitrogen and oxygen atoms in total. The van der Waals surface area contributed by atoms with Crippen LogP contribution >= 0.6 is 23.2 Å². The van der Waals surface area contributed by atoms with Crippen LogP contribution in [0.25, 0.3) is 11.5 Å². The molecule has 0 atom stereocenters. The first-order valence-electron chi connectivity index (χ1n) is 13.1. The van der Waals surface area contributed by atoms with E-state index in [-0.39, 0.29) is 50.0 Å². The first-order chi connectivity index (χ1) is 20.2. The molecule has 220 valence electrons. The second-order valence-electron chi connectivity index (χ2n) is 9.84. The van der Waals surface area contributed by atoms with Gasteiger partial charge in [-0.3, -0.25) is 9.36 Å². The number of aromatic nitrogens is 6. The number of nitrogens with zero attached hydrogens (tertiary/aromatic N) is 9. The maximum Gasteiger partial charge on any atom is 0.358 e. The van der Waals surface area contributed by atoms with Crippen molar-refractivity contribution in [2.75, 3.05) is 50.5 Å². The minimum atomic E-state index is -0.472. The molecular formula is C26H27Cl2N9O5. The van der Waals surface area contributed by atoms with Crippen molar-refractivity contribution in [3.63, 3.8) is 0 Å². The summed E-state index contributed by atoms with van der Waals surface area (Å²) in [6.45, 7) is 3.87. The smallest absolute Gasteiger partial charge is 0.358 e. The number of carbonyl (C=O) groups is 2. The van der Waals surface area contributed by atoms with E-state index < -0.39 is 5.97 Å². The molecule has 0 fully saturated rings. The Balaban J connectivity index is 1.39. The number of amides is 1. The topological polar surface area (TPSA) is 137 Å².